The molecule has 0 atom stereocenters. The smallest absolute Gasteiger partial charge is 0.255 e. The third-order valence-corrected chi connectivity index (χ3v) is 5.27. The number of rotatable bonds is 4. The molecule has 1 aliphatic rings. The summed E-state index contributed by atoms with van der Waals surface area (Å²) in [6, 6.07) is 18.4. The lowest BCUT2D eigenvalue weighted by molar-refractivity contribution is 0.102. The zero-order chi connectivity index (χ0) is 20.5. The van der Waals surface area contributed by atoms with Crippen LogP contribution in [-0.2, 0) is 6.42 Å². The number of nitrogens with zero attached hydrogens (tertiary/aromatic N) is 1. The molecule has 0 saturated carbocycles. The number of nitrogens with one attached hydrogen (secondary N) is 2. The first-order valence-electron chi connectivity index (χ1n) is 9.59. The molecule has 30 heavy (non-hydrogen) atoms. The van der Waals surface area contributed by atoms with Crippen LogP contribution in [0, 0.1) is 0 Å². The molecule has 7 heteroatoms. The number of anilines is 1. The van der Waals surface area contributed by atoms with Crippen LogP contribution in [0.5, 0.6) is 11.5 Å². The lowest BCUT2D eigenvalue weighted by Gasteiger charge is -2.18. The standard InChI is InChI=1S/C23H18ClN3O3/c24-17-7-6-16(11-15(17)13-22-26-18-3-1-2-4-19(18)27-22)25-23(28)14-5-8-20-21(12-14)30-10-9-29-20/h1-8,11-12H,9-10,13H2,(H,25,28)(H,26,27). The monoisotopic (exact) mass is 419 g/mol. The molecule has 1 aromatic heterocycles. The average molecular weight is 420 g/mol. The largest absolute Gasteiger partial charge is 0.486 e. The fourth-order valence-corrected chi connectivity index (χ4v) is 3.63. The van der Waals surface area contributed by atoms with E-state index in [1.807, 2.05) is 30.3 Å². The molecule has 0 aliphatic carbocycles. The zero-order valence-electron chi connectivity index (χ0n) is 15.9. The Hall–Kier alpha value is -3.51. The van der Waals surface area contributed by atoms with Gasteiger partial charge in [-0.2, -0.15) is 0 Å². The zero-order valence-corrected chi connectivity index (χ0v) is 16.7. The Kier molecular flexibility index (Phi) is 4.77. The Morgan fingerprint density at radius 1 is 1.03 bits per heavy atom. The summed E-state index contributed by atoms with van der Waals surface area (Å²) in [6.45, 7) is 0.984. The maximum Gasteiger partial charge on any atom is 0.255 e. The van der Waals surface area contributed by atoms with E-state index >= 15 is 0 Å². The average Bonchev–Trinajstić information content (AvgIpc) is 3.18. The third-order valence-electron chi connectivity index (χ3n) is 4.90. The summed E-state index contributed by atoms with van der Waals surface area (Å²) in [5.41, 5.74) is 3.91. The molecule has 0 unspecified atom stereocenters. The molecule has 2 heterocycles. The minimum absolute atomic E-state index is 0.232. The van der Waals surface area contributed by atoms with Gasteiger partial charge in [0.05, 0.1) is 11.0 Å². The van der Waals surface area contributed by atoms with Crippen molar-refractivity contribution < 1.29 is 14.3 Å². The summed E-state index contributed by atoms with van der Waals surface area (Å²) in [5.74, 6) is 1.81. The number of H-pyrrole nitrogens is 1. The van der Waals surface area contributed by atoms with Crippen LogP contribution in [0.4, 0.5) is 5.69 Å². The Balaban J connectivity index is 1.36. The minimum atomic E-state index is -0.232. The number of hydrogen-bond acceptors (Lipinski definition) is 4. The van der Waals surface area contributed by atoms with Gasteiger partial charge in [0.15, 0.2) is 11.5 Å². The first kappa shape index (κ1) is 18.5. The van der Waals surface area contributed by atoms with Crippen molar-refractivity contribution in [3.05, 3.63) is 82.6 Å². The molecule has 5 rings (SSSR count). The molecule has 4 aromatic rings. The van der Waals surface area contributed by atoms with Crippen molar-refractivity contribution >= 4 is 34.2 Å². The van der Waals surface area contributed by atoms with E-state index < -0.39 is 0 Å². The molecule has 3 aromatic carbocycles. The Labute approximate surface area is 177 Å². The predicted octanol–water partition coefficient (Wildman–Crippen LogP) is 4.83. The second-order valence-electron chi connectivity index (χ2n) is 7.00. The maximum absolute atomic E-state index is 12.7. The highest BCUT2D eigenvalue weighted by Crippen LogP contribution is 2.31. The van der Waals surface area contributed by atoms with E-state index in [1.165, 1.54) is 0 Å². The molecule has 150 valence electrons. The van der Waals surface area contributed by atoms with Crippen molar-refractivity contribution in [1.82, 2.24) is 9.97 Å². The van der Waals surface area contributed by atoms with Gasteiger partial charge >= 0.3 is 0 Å². The quantitative estimate of drug-likeness (QED) is 0.496. The molecule has 0 spiro atoms. The Morgan fingerprint density at radius 3 is 2.73 bits per heavy atom. The highest BCUT2D eigenvalue weighted by molar-refractivity contribution is 6.31. The van der Waals surface area contributed by atoms with Crippen LogP contribution < -0.4 is 14.8 Å². The number of amides is 1. The van der Waals surface area contributed by atoms with E-state index in [0.717, 1.165) is 22.4 Å². The van der Waals surface area contributed by atoms with Crippen LogP contribution in [-0.4, -0.2) is 29.1 Å². The SMILES string of the molecule is O=C(Nc1ccc(Cl)c(Cc2nc3ccccc3[nH]2)c1)c1ccc2c(c1)OCCO2. The Bertz CT molecular complexity index is 1220. The van der Waals surface area contributed by atoms with Gasteiger partial charge in [-0.1, -0.05) is 23.7 Å². The molecule has 0 fully saturated rings. The van der Waals surface area contributed by atoms with Crippen LogP contribution in [0.15, 0.2) is 60.7 Å². The normalized spacial score (nSPS) is 12.7. The minimum Gasteiger partial charge on any atom is -0.486 e. The molecule has 0 radical (unpaired) electrons. The van der Waals surface area contributed by atoms with Gasteiger partial charge in [-0.25, -0.2) is 4.98 Å². The number of imidazole rings is 1. The summed E-state index contributed by atoms with van der Waals surface area (Å²) in [4.78, 5) is 20.6. The Morgan fingerprint density at radius 2 is 1.87 bits per heavy atom. The van der Waals surface area contributed by atoms with Crippen molar-refractivity contribution in [3.63, 3.8) is 0 Å². The van der Waals surface area contributed by atoms with Gasteiger partial charge < -0.3 is 19.8 Å². The summed E-state index contributed by atoms with van der Waals surface area (Å²) < 4.78 is 11.1. The van der Waals surface area contributed by atoms with Crippen molar-refractivity contribution in [3.8, 4) is 11.5 Å². The number of para-hydroxylation sites is 2. The third kappa shape index (κ3) is 3.69. The summed E-state index contributed by atoms with van der Waals surface area (Å²) in [7, 11) is 0. The summed E-state index contributed by atoms with van der Waals surface area (Å²) in [6.07, 6.45) is 0.529. The summed E-state index contributed by atoms with van der Waals surface area (Å²) >= 11 is 6.39. The topological polar surface area (TPSA) is 76.2 Å². The van der Waals surface area contributed by atoms with Gasteiger partial charge in [0.2, 0.25) is 0 Å². The van der Waals surface area contributed by atoms with Crippen LogP contribution in [0.1, 0.15) is 21.7 Å². The fraction of sp³-hybridized carbons (Fsp3) is 0.130. The van der Waals surface area contributed by atoms with Gasteiger partial charge in [-0.15, -0.1) is 0 Å². The van der Waals surface area contributed by atoms with Gasteiger partial charge in [0, 0.05) is 22.7 Å². The predicted molar refractivity (Wildman–Crippen MR) is 116 cm³/mol. The molecule has 0 bridgehead atoms. The molecular formula is C23H18ClN3O3. The first-order chi connectivity index (χ1) is 14.7. The number of fused-ring (bicyclic) bond motifs is 2. The lowest BCUT2D eigenvalue weighted by atomic mass is 10.1. The van der Waals surface area contributed by atoms with Crippen LogP contribution in [0.3, 0.4) is 0 Å². The number of hydrogen-bond donors (Lipinski definition) is 2. The highest BCUT2D eigenvalue weighted by atomic mass is 35.5. The molecule has 6 nitrogen and oxygen atoms in total. The van der Waals surface area contributed by atoms with Gasteiger partial charge in [0.1, 0.15) is 19.0 Å². The van der Waals surface area contributed by atoms with Crippen molar-refractivity contribution in [2.75, 3.05) is 18.5 Å². The molecule has 1 amide bonds. The number of aromatic nitrogens is 2. The molecule has 1 aliphatic heterocycles. The highest BCUT2D eigenvalue weighted by Gasteiger charge is 2.16. The van der Waals surface area contributed by atoms with E-state index in [2.05, 4.69) is 15.3 Å². The number of carbonyl (C=O) groups is 1. The van der Waals surface area contributed by atoms with Crippen molar-refractivity contribution in [1.29, 1.82) is 0 Å². The van der Waals surface area contributed by atoms with Crippen LogP contribution >= 0.6 is 11.6 Å². The molecule has 0 saturated heterocycles. The first-order valence-corrected chi connectivity index (χ1v) is 9.96. The van der Waals surface area contributed by atoms with Gasteiger partial charge in [-0.3, -0.25) is 4.79 Å². The molecule has 2 N–H and O–H groups in total. The summed E-state index contributed by atoms with van der Waals surface area (Å²) in [5, 5.41) is 3.54. The van der Waals surface area contributed by atoms with E-state index in [-0.39, 0.29) is 5.91 Å². The van der Waals surface area contributed by atoms with Gasteiger partial charge in [0.25, 0.3) is 5.91 Å². The number of ether oxygens (including phenoxy) is 2. The van der Waals surface area contributed by atoms with E-state index in [9.17, 15) is 4.79 Å². The van der Waals surface area contributed by atoms with Crippen LogP contribution in [0.25, 0.3) is 11.0 Å². The van der Waals surface area contributed by atoms with E-state index in [4.69, 9.17) is 21.1 Å². The van der Waals surface area contributed by atoms with Gasteiger partial charge in [-0.05, 0) is 54.1 Å². The van der Waals surface area contributed by atoms with E-state index in [1.54, 1.807) is 30.3 Å². The number of carbonyl (C=O) groups excluding carboxylic acids is 1. The van der Waals surface area contributed by atoms with Crippen LogP contribution in [0.2, 0.25) is 5.02 Å². The maximum atomic E-state index is 12.7. The fourth-order valence-electron chi connectivity index (χ4n) is 3.45. The number of halogens is 1. The number of aromatic amines is 1. The van der Waals surface area contributed by atoms with Crippen molar-refractivity contribution in [2.45, 2.75) is 6.42 Å². The second kappa shape index (κ2) is 7.72. The number of benzene rings is 3. The second-order valence-corrected chi connectivity index (χ2v) is 7.40. The van der Waals surface area contributed by atoms with Crippen molar-refractivity contribution in [2.24, 2.45) is 0 Å². The van der Waals surface area contributed by atoms with E-state index in [0.29, 0.717) is 47.4 Å². The lowest BCUT2D eigenvalue weighted by Crippen LogP contribution is -2.17. The molecular weight excluding hydrogens is 402 g/mol.